The number of rotatable bonds is 2. The molecule has 2 aliphatic rings. The topological polar surface area (TPSA) is 42.7 Å². The largest absolute Gasteiger partial charge is 0.324 e. The molecule has 0 radical (unpaired) electrons. The first-order valence-corrected chi connectivity index (χ1v) is 10.1. The third-order valence-corrected chi connectivity index (χ3v) is 6.04. The average Bonchev–Trinajstić information content (AvgIpc) is 3.17. The smallest absolute Gasteiger partial charge is 0.226 e. The van der Waals surface area contributed by atoms with E-state index in [9.17, 15) is 0 Å². The molecule has 0 unspecified atom stereocenters. The number of nitrogens with one attached hydrogen (secondary N) is 1. The molecular weight excluding hydrogens is 391 g/mol. The Morgan fingerprint density at radius 2 is 1.79 bits per heavy atom. The van der Waals surface area contributed by atoms with Crippen LogP contribution in [0.3, 0.4) is 0 Å². The van der Waals surface area contributed by atoms with Crippen molar-refractivity contribution in [3.8, 4) is 0 Å². The molecule has 1 aromatic heterocycles. The first-order valence-electron chi connectivity index (χ1n) is 9.32. The maximum Gasteiger partial charge on any atom is 0.226 e. The molecule has 4 nitrogen and oxygen atoms in total. The van der Waals surface area contributed by atoms with E-state index in [0.717, 1.165) is 52.1 Å². The summed E-state index contributed by atoms with van der Waals surface area (Å²) in [6, 6.07) is 15.8. The highest BCUT2D eigenvalue weighted by molar-refractivity contribution is 6.32. The van der Waals surface area contributed by atoms with Crippen LogP contribution < -0.4 is 5.32 Å². The molecule has 6 heteroatoms. The summed E-state index contributed by atoms with van der Waals surface area (Å²) in [5.74, 6) is 0.732. The lowest BCUT2D eigenvalue weighted by molar-refractivity contribution is 0.538. The second-order valence-corrected chi connectivity index (χ2v) is 7.84. The van der Waals surface area contributed by atoms with Gasteiger partial charge in [-0.05, 0) is 59.7 Å². The van der Waals surface area contributed by atoms with E-state index in [1.807, 2.05) is 47.1 Å². The van der Waals surface area contributed by atoms with Crippen LogP contribution in [0.25, 0.3) is 6.08 Å². The molecule has 2 heterocycles. The minimum Gasteiger partial charge on any atom is -0.324 e. The summed E-state index contributed by atoms with van der Waals surface area (Å²) in [5.41, 5.74) is 5.72. The van der Waals surface area contributed by atoms with E-state index >= 15 is 0 Å². The molecule has 1 aliphatic heterocycles. The SMILES string of the molecule is Clc1ccccc1/C=C1\CCCC2=C1Nc1ncnn1[C@@H]2c1ccccc1Cl. The van der Waals surface area contributed by atoms with Crippen LogP contribution in [0.1, 0.15) is 36.4 Å². The van der Waals surface area contributed by atoms with Gasteiger partial charge in [-0.25, -0.2) is 4.68 Å². The van der Waals surface area contributed by atoms with E-state index in [2.05, 4.69) is 27.5 Å². The summed E-state index contributed by atoms with van der Waals surface area (Å²) in [7, 11) is 0. The van der Waals surface area contributed by atoms with Crippen LogP contribution in [0.2, 0.25) is 10.0 Å². The lowest BCUT2D eigenvalue weighted by Crippen LogP contribution is -2.28. The second kappa shape index (κ2) is 7.12. The van der Waals surface area contributed by atoms with Gasteiger partial charge in [0.15, 0.2) is 0 Å². The fourth-order valence-electron chi connectivity index (χ4n) is 4.09. The number of benzene rings is 2. The third kappa shape index (κ3) is 2.93. The fraction of sp³-hybridized carbons (Fsp3) is 0.182. The molecule has 140 valence electrons. The predicted octanol–water partition coefficient (Wildman–Crippen LogP) is 6.12. The van der Waals surface area contributed by atoms with Gasteiger partial charge < -0.3 is 5.32 Å². The van der Waals surface area contributed by atoms with E-state index in [1.165, 1.54) is 11.1 Å². The van der Waals surface area contributed by atoms with Gasteiger partial charge in [0.2, 0.25) is 5.95 Å². The molecule has 0 fully saturated rings. The maximum atomic E-state index is 6.57. The van der Waals surface area contributed by atoms with Crippen molar-refractivity contribution in [3.63, 3.8) is 0 Å². The first kappa shape index (κ1) is 17.5. The Bertz CT molecular complexity index is 1110. The summed E-state index contributed by atoms with van der Waals surface area (Å²) in [6.45, 7) is 0. The molecule has 0 bridgehead atoms. The minimum absolute atomic E-state index is 0.0580. The van der Waals surface area contributed by atoms with Gasteiger partial charge in [-0.3, -0.25) is 0 Å². The predicted molar refractivity (Wildman–Crippen MR) is 114 cm³/mol. The molecule has 0 amide bonds. The van der Waals surface area contributed by atoms with E-state index in [-0.39, 0.29) is 6.04 Å². The Hall–Kier alpha value is -2.56. The number of aromatic nitrogens is 3. The molecule has 1 atom stereocenters. The molecule has 1 N–H and O–H groups in total. The number of hydrogen-bond donors (Lipinski definition) is 1. The molecule has 5 rings (SSSR count). The summed E-state index contributed by atoms with van der Waals surface area (Å²) in [5, 5.41) is 9.48. The number of hydrogen-bond acceptors (Lipinski definition) is 3. The second-order valence-electron chi connectivity index (χ2n) is 7.02. The number of anilines is 1. The van der Waals surface area contributed by atoms with Crippen LogP contribution in [0.15, 0.2) is 71.7 Å². The number of nitrogens with zero attached hydrogens (tertiary/aromatic N) is 3. The van der Waals surface area contributed by atoms with Gasteiger partial charge in [-0.2, -0.15) is 10.1 Å². The third-order valence-electron chi connectivity index (χ3n) is 5.35. The van der Waals surface area contributed by atoms with Gasteiger partial charge in [-0.15, -0.1) is 0 Å². The highest BCUT2D eigenvalue weighted by atomic mass is 35.5. The highest BCUT2D eigenvalue weighted by Gasteiger charge is 2.34. The van der Waals surface area contributed by atoms with Crippen molar-refractivity contribution in [3.05, 3.63) is 92.9 Å². The van der Waals surface area contributed by atoms with Gasteiger partial charge >= 0.3 is 0 Å². The van der Waals surface area contributed by atoms with Gasteiger partial charge in [-0.1, -0.05) is 59.6 Å². The van der Waals surface area contributed by atoms with Crippen LogP contribution in [0.5, 0.6) is 0 Å². The van der Waals surface area contributed by atoms with Crippen molar-refractivity contribution in [2.75, 3.05) is 5.32 Å². The molecule has 3 aromatic rings. The molecular formula is C22H18Cl2N4. The Morgan fingerprint density at radius 1 is 1.00 bits per heavy atom. The van der Waals surface area contributed by atoms with E-state index in [1.54, 1.807) is 6.33 Å². The van der Waals surface area contributed by atoms with Crippen molar-refractivity contribution in [1.29, 1.82) is 0 Å². The maximum absolute atomic E-state index is 6.57. The van der Waals surface area contributed by atoms with Crippen LogP contribution in [-0.4, -0.2) is 14.8 Å². The first-order chi connectivity index (χ1) is 13.7. The fourth-order valence-corrected chi connectivity index (χ4v) is 4.52. The molecule has 0 saturated carbocycles. The van der Waals surface area contributed by atoms with E-state index < -0.39 is 0 Å². The van der Waals surface area contributed by atoms with Gasteiger partial charge in [0.25, 0.3) is 0 Å². The quantitative estimate of drug-likeness (QED) is 0.554. The van der Waals surface area contributed by atoms with Crippen molar-refractivity contribution >= 4 is 35.2 Å². The zero-order valence-corrected chi connectivity index (χ0v) is 16.6. The van der Waals surface area contributed by atoms with Crippen molar-refractivity contribution in [2.24, 2.45) is 0 Å². The minimum atomic E-state index is -0.0580. The van der Waals surface area contributed by atoms with Gasteiger partial charge in [0.1, 0.15) is 12.4 Å². The van der Waals surface area contributed by atoms with Crippen LogP contribution in [0.4, 0.5) is 5.95 Å². The normalized spacial score (nSPS) is 19.9. The van der Waals surface area contributed by atoms with Crippen LogP contribution in [0, 0.1) is 0 Å². The summed E-state index contributed by atoms with van der Waals surface area (Å²) >= 11 is 13.0. The summed E-state index contributed by atoms with van der Waals surface area (Å²) in [6.07, 6.45) is 6.81. The van der Waals surface area contributed by atoms with E-state index in [0.29, 0.717) is 0 Å². The Labute approximate surface area is 173 Å². The molecule has 2 aromatic carbocycles. The summed E-state index contributed by atoms with van der Waals surface area (Å²) < 4.78 is 1.93. The van der Waals surface area contributed by atoms with Gasteiger partial charge in [0.05, 0.1) is 0 Å². The molecule has 1 aliphatic carbocycles. The number of allylic oxidation sites excluding steroid dienone is 2. The lowest BCUT2D eigenvalue weighted by atomic mass is 9.83. The monoisotopic (exact) mass is 408 g/mol. The standard InChI is InChI=1S/C22H18Cl2N4/c23-18-10-3-1-6-14(18)12-15-7-5-9-17-20(15)27-22-25-13-26-28(22)21(17)16-8-2-4-11-19(16)24/h1-4,6,8,10-13,21H,5,7,9H2,(H,25,26,27)/b15-12+/t21-/m1/s1. The molecule has 28 heavy (non-hydrogen) atoms. The zero-order chi connectivity index (χ0) is 19.1. The highest BCUT2D eigenvalue weighted by Crippen LogP contribution is 2.45. The number of halogens is 2. The zero-order valence-electron chi connectivity index (χ0n) is 15.1. The number of fused-ring (bicyclic) bond motifs is 1. The van der Waals surface area contributed by atoms with Crippen LogP contribution in [-0.2, 0) is 0 Å². The molecule has 0 saturated heterocycles. The average molecular weight is 409 g/mol. The Balaban J connectivity index is 1.68. The Morgan fingerprint density at radius 3 is 2.61 bits per heavy atom. The lowest BCUT2D eigenvalue weighted by Gasteiger charge is -2.34. The van der Waals surface area contributed by atoms with Gasteiger partial charge in [0, 0.05) is 15.7 Å². The van der Waals surface area contributed by atoms with Crippen LogP contribution >= 0.6 is 23.2 Å². The van der Waals surface area contributed by atoms with Crippen molar-refractivity contribution in [1.82, 2.24) is 14.8 Å². The Kier molecular flexibility index (Phi) is 4.46. The summed E-state index contributed by atoms with van der Waals surface area (Å²) in [4.78, 5) is 4.42. The van der Waals surface area contributed by atoms with Crippen molar-refractivity contribution in [2.45, 2.75) is 25.3 Å². The molecule has 0 spiro atoms. The van der Waals surface area contributed by atoms with Crippen molar-refractivity contribution < 1.29 is 0 Å². The van der Waals surface area contributed by atoms with E-state index in [4.69, 9.17) is 23.2 Å².